The summed E-state index contributed by atoms with van der Waals surface area (Å²) in [5, 5.41) is 7.62. The molecule has 0 saturated carbocycles. The van der Waals surface area contributed by atoms with Crippen molar-refractivity contribution in [3.05, 3.63) is 40.9 Å². The minimum atomic E-state index is -0.448. The second-order valence-corrected chi connectivity index (χ2v) is 4.63. The van der Waals surface area contributed by atoms with Crippen molar-refractivity contribution in [3.8, 4) is 23.0 Å². The molecule has 6 nitrogen and oxygen atoms in total. The average Bonchev–Trinajstić information content (AvgIpc) is 2.91. The Balaban J connectivity index is 2.07. The van der Waals surface area contributed by atoms with E-state index in [1.807, 2.05) is 0 Å². The molecule has 2 aromatic heterocycles. The number of benzene rings is 1. The lowest BCUT2D eigenvalue weighted by molar-refractivity contribution is 0.568. The highest BCUT2D eigenvalue weighted by Crippen LogP contribution is 2.27. The highest BCUT2D eigenvalue weighted by atomic mass is 79.9. The van der Waals surface area contributed by atoms with Crippen molar-refractivity contribution in [3.63, 3.8) is 0 Å². The number of aromatic nitrogens is 4. The van der Waals surface area contributed by atoms with Crippen LogP contribution in [0.4, 0.5) is 10.2 Å². The minimum Gasteiger partial charge on any atom is -0.414 e. The Kier molecular flexibility index (Phi) is 3.15. The summed E-state index contributed by atoms with van der Waals surface area (Å²) in [6.45, 7) is 0. The van der Waals surface area contributed by atoms with Crippen molar-refractivity contribution in [2.75, 3.05) is 5.73 Å². The zero-order valence-corrected chi connectivity index (χ0v) is 11.5. The van der Waals surface area contributed by atoms with Gasteiger partial charge in [-0.25, -0.2) is 14.4 Å². The first-order chi connectivity index (χ1) is 9.65. The van der Waals surface area contributed by atoms with Gasteiger partial charge in [-0.1, -0.05) is 12.1 Å². The maximum absolute atomic E-state index is 13.6. The number of hydrogen-bond donors (Lipinski definition) is 1. The quantitative estimate of drug-likeness (QED) is 0.774. The molecule has 3 aromatic rings. The molecule has 8 heteroatoms. The molecule has 100 valence electrons. The van der Waals surface area contributed by atoms with Gasteiger partial charge in [-0.3, -0.25) is 0 Å². The van der Waals surface area contributed by atoms with E-state index in [1.165, 1.54) is 12.3 Å². The fraction of sp³-hybridized carbons (Fsp3) is 0. The molecule has 0 spiro atoms. The third-order valence-corrected chi connectivity index (χ3v) is 2.89. The second kappa shape index (κ2) is 4.97. The lowest BCUT2D eigenvalue weighted by atomic mass is 10.2. The highest BCUT2D eigenvalue weighted by molar-refractivity contribution is 9.10. The molecule has 3 rings (SSSR count). The molecule has 0 atom stereocenters. The van der Waals surface area contributed by atoms with E-state index in [9.17, 15) is 4.39 Å². The molecule has 0 bridgehead atoms. The molecule has 2 N–H and O–H groups in total. The first-order valence-electron chi connectivity index (χ1n) is 5.52. The van der Waals surface area contributed by atoms with Crippen LogP contribution in [-0.4, -0.2) is 20.2 Å². The number of nitrogen functional groups attached to an aromatic ring is 1. The topological polar surface area (TPSA) is 90.7 Å². The van der Waals surface area contributed by atoms with E-state index in [0.29, 0.717) is 4.60 Å². The van der Waals surface area contributed by atoms with Gasteiger partial charge in [0, 0.05) is 0 Å². The average molecular weight is 336 g/mol. The van der Waals surface area contributed by atoms with E-state index in [1.54, 1.807) is 18.2 Å². The molecular formula is C12H7BrFN5O. The molecule has 0 radical (unpaired) electrons. The minimum absolute atomic E-state index is 0.0549. The predicted molar refractivity (Wildman–Crippen MR) is 72.8 cm³/mol. The number of rotatable bonds is 2. The van der Waals surface area contributed by atoms with Crippen molar-refractivity contribution < 1.29 is 8.81 Å². The summed E-state index contributed by atoms with van der Waals surface area (Å²) in [6, 6.07) is 6.11. The Labute approximate surface area is 121 Å². The summed E-state index contributed by atoms with van der Waals surface area (Å²) in [4.78, 5) is 8.03. The summed E-state index contributed by atoms with van der Waals surface area (Å²) in [5.41, 5.74) is 6.16. The molecule has 0 unspecified atom stereocenters. The van der Waals surface area contributed by atoms with Crippen LogP contribution in [0, 0.1) is 5.82 Å². The van der Waals surface area contributed by atoms with Crippen LogP contribution in [0.15, 0.2) is 39.5 Å². The number of anilines is 1. The summed E-state index contributed by atoms with van der Waals surface area (Å²) in [5.74, 6) is -0.165. The Morgan fingerprint density at radius 1 is 1.15 bits per heavy atom. The maximum atomic E-state index is 13.6. The number of halogens is 2. The van der Waals surface area contributed by atoms with Gasteiger partial charge in [0.1, 0.15) is 10.4 Å². The van der Waals surface area contributed by atoms with Gasteiger partial charge in [-0.2, -0.15) is 0 Å². The van der Waals surface area contributed by atoms with Crippen LogP contribution < -0.4 is 5.73 Å². The summed E-state index contributed by atoms with van der Waals surface area (Å²) < 4.78 is 19.5. The van der Waals surface area contributed by atoms with Gasteiger partial charge in [0.05, 0.1) is 11.8 Å². The predicted octanol–water partition coefficient (Wildman–Crippen LogP) is 2.68. The molecule has 0 amide bonds. The molecule has 0 aliphatic heterocycles. The summed E-state index contributed by atoms with van der Waals surface area (Å²) >= 11 is 3.18. The van der Waals surface area contributed by atoms with Crippen molar-refractivity contribution in [2.45, 2.75) is 0 Å². The Morgan fingerprint density at radius 2 is 1.90 bits per heavy atom. The fourth-order valence-corrected chi connectivity index (χ4v) is 1.88. The van der Waals surface area contributed by atoms with Crippen molar-refractivity contribution in [1.29, 1.82) is 0 Å². The van der Waals surface area contributed by atoms with E-state index >= 15 is 0 Å². The lowest BCUT2D eigenvalue weighted by Gasteiger charge is -1.99. The maximum Gasteiger partial charge on any atom is 0.270 e. The van der Waals surface area contributed by atoms with E-state index < -0.39 is 5.82 Å². The van der Waals surface area contributed by atoms with Crippen LogP contribution in [0.25, 0.3) is 23.0 Å². The van der Waals surface area contributed by atoms with Gasteiger partial charge in [0.25, 0.3) is 11.8 Å². The van der Waals surface area contributed by atoms with Crippen LogP contribution in [0.1, 0.15) is 0 Å². The third kappa shape index (κ3) is 2.25. The number of nitrogens with zero attached hydrogens (tertiary/aromatic N) is 4. The Hall–Kier alpha value is -2.35. The Bertz CT molecular complexity index is 776. The largest absolute Gasteiger partial charge is 0.414 e. The second-order valence-electron chi connectivity index (χ2n) is 3.82. The van der Waals surface area contributed by atoms with Crippen LogP contribution in [0.3, 0.4) is 0 Å². The molecule has 20 heavy (non-hydrogen) atoms. The van der Waals surface area contributed by atoms with E-state index in [4.69, 9.17) is 10.2 Å². The normalized spacial score (nSPS) is 10.7. The Morgan fingerprint density at radius 3 is 2.70 bits per heavy atom. The zero-order valence-electron chi connectivity index (χ0n) is 9.92. The number of hydrogen-bond acceptors (Lipinski definition) is 6. The number of nitrogens with two attached hydrogens (primary N) is 1. The SMILES string of the molecule is Nc1ncc(Br)nc1-c1nnc(-c2ccccc2F)o1. The fourth-order valence-electron chi connectivity index (χ4n) is 1.60. The molecule has 0 aliphatic carbocycles. The molecule has 0 saturated heterocycles. The monoisotopic (exact) mass is 335 g/mol. The van der Waals surface area contributed by atoms with Crippen LogP contribution >= 0.6 is 15.9 Å². The van der Waals surface area contributed by atoms with Crippen LogP contribution in [-0.2, 0) is 0 Å². The molecule has 1 aromatic carbocycles. The smallest absolute Gasteiger partial charge is 0.270 e. The van der Waals surface area contributed by atoms with Crippen LogP contribution in [0.5, 0.6) is 0 Å². The zero-order chi connectivity index (χ0) is 14.1. The molecular weight excluding hydrogens is 329 g/mol. The van der Waals surface area contributed by atoms with E-state index in [2.05, 4.69) is 36.1 Å². The van der Waals surface area contributed by atoms with Gasteiger partial charge in [0.15, 0.2) is 11.5 Å². The highest BCUT2D eigenvalue weighted by Gasteiger charge is 2.17. The first-order valence-corrected chi connectivity index (χ1v) is 6.31. The summed E-state index contributed by atoms with van der Waals surface area (Å²) in [6.07, 6.45) is 1.45. The first kappa shape index (κ1) is 12.7. The van der Waals surface area contributed by atoms with Crippen LogP contribution in [0.2, 0.25) is 0 Å². The third-order valence-electron chi connectivity index (χ3n) is 2.50. The molecule has 0 aliphatic rings. The molecule has 0 fully saturated rings. The van der Waals surface area contributed by atoms with Gasteiger partial charge in [0.2, 0.25) is 0 Å². The van der Waals surface area contributed by atoms with Crippen molar-refractivity contribution >= 4 is 21.7 Å². The lowest BCUT2D eigenvalue weighted by Crippen LogP contribution is -1.97. The van der Waals surface area contributed by atoms with Gasteiger partial charge in [-0.05, 0) is 28.1 Å². The van der Waals surface area contributed by atoms with E-state index in [0.717, 1.165) is 0 Å². The molecule has 2 heterocycles. The standard InChI is InChI=1S/C12H7BrFN5O/c13-8-5-16-10(15)9(17-8)12-19-18-11(20-12)6-3-1-2-4-7(6)14/h1-5H,(H2,15,16). The van der Waals surface area contributed by atoms with Gasteiger partial charge in [-0.15, -0.1) is 10.2 Å². The van der Waals surface area contributed by atoms with Gasteiger partial charge >= 0.3 is 0 Å². The van der Waals surface area contributed by atoms with Gasteiger partial charge < -0.3 is 10.2 Å². The van der Waals surface area contributed by atoms with Crippen molar-refractivity contribution in [2.24, 2.45) is 0 Å². The van der Waals surface area contributed by atoms with E-state index in [-0.39, 0.29) is 28.9 Å². The van der Waals surface area contributed by atoms with Crippen molar-refractivity contribution in [1.82, 2.24) is 20.2 Å². The summed E-state index contributed by atoms with van der Waals surface area (Å²) in [7, 11) is 0.